The smallest absolute Gasteiger partial charge is 0.253 e. The van der Waals surface area contributed by atoms with Crippen LogP contribution in [0.2, 0.25) is 10.0 Å². The molecule has 1 aliphatic rings. The molecule has 0 unspecified atom stereocenters. The quantitative estimate of drug-likeness (QED) is 0.502. The monoisotopic (exact) mass is 463 g/mol. The summed E-state index contributed by atoms with van der Waals surface area (Å²) in [6.07, 6.45) is 2.47. The first-order valence-electron chi connectivity index (χ1n) is 9.87. The molecule has 1 aliphatic carbocycles. The first-order valence-corrected chi connectivity index (χ1v) is 10.6. The van der Waals surface area contributed by atoms with Gasteiger partial charge in [0.1, 0.15) is 0 Å². The SMILES string of the molecule is O=C(CNC(=O)c1ccc(Cl)cc1Cl)NCC(=O)Nc1cccc(COCC2CC2)c1. The van der Waals surface area contributed by atoms with Gasteiger partial charge in [0.05, 0.1) is 30.3 Å². The average molecular weight is 464 g/mol. The summed E-state index contributed by atoms with van der Waals surface area (Å²) in [5.74, 6) is -0.700. The second-order valence-electron chi connectivity index (χ2n) is 7.29. The Bertz CT molecular complexity index is 964. The molecule has 0 bridgehead atoms. The van der Waals surface area contributed by atoms with Crippen LogP contribution in [-0.4, -0.2) is 37.4 Å². The van der Waals surface area contributed by atoms with Crippen LogP contribution in [0.4, 0.5) is 5.69 Å². The topological polar surface area (TPSA) is 96.5 Å². The molecule has 1 saturated carbocycles. The molecule has 3 amide bonds. The van der Waals surface area contributed by atoms with Crippen LogP contribution in [0.5, 0.6) is 0 Å². The highest BCUT2D eigenvalue weighted by Gasteiger charge is 2.21. The highest BCUT2D eigenvalue weighted by atomic mass is 35.5. The number of halogens is 2. The number of ether oxygens (including phenoxy) is 1. The number of nitrogens with one attached hydrogen (secondary N) is 3. The van der Waals surface area contributed by atoms with Crippen LogP contribution in [0.3, 0.4) is 0 Å². The molecule has 164 valence electrons. The summed E-state index contributed by atoms with van der Waals surface area (Å²) in [4.78, 5) is 36.1. The number of hydrogen-bond donors (Lipinski definition) is 3. The second-order valence-corrected chi connectivity index (χ2v) is 8.13. The number of rotatable bonds is 10. The average Bonchev–Trinajstić information content (AvgIpc) is 3.55. The minimum Gasteiger partial charge on any atom is -0.376 e. The van der Waals surface area contributed by atoms with Crippen molar-refractivity contribution in [2.75, 3.05) is 25.0 Å². The molecule has 7 nitrogen and oxygen atoms in total. The van der Waals surface area contributed by atoms with E-state index >= 15 is 0 Å². The molecule has 3 N–H and O–H groups in total. The zero-order valence-electron chi connectivity index (χ0n) is 16.8. The van der Waals surface area contributed by atoms with Gasteiger partial charge in [-0.05, 0) is 54.7 Å². The van der Waals surface area contributed by atoms with Gasteiger partial charge < -0.3 is 20.7 Å². The van der Waals surface area contributed by atoms with E-state index in [1.165, 1.54) is 31.0 Å². The number of hydrogen-bond acceptors (Lipinski definition) is 4. The molecule has 1 fully saturated rings. The first kappa shape index (κ1) is 23.1. The fourth-order valence-corrected chi connectivity index (χ4v) is 3.24. The number of amides is 3. The van der Waals surface area contributed by atoms with Gasteiger partial charge in [0.15, 0.2) is 0 Å². The van der Waals surface area contributed by atoms with Crippen LogP contribution in [0.15, 0.2) is 42.5 Å². The van der Waals surface area contributed by atoms with Crippen molar-refractivity contribution in [2.45, 2.75) is 19.4 Å². The normalized spacial score (nSPS) is 12.8. The number of benzene rings is 2. The molecule has 0 saturated heterocycles. The van der Waals surface area contributed by atoms with E-state index in [9.17, 15) is 14.4 Å². The molecule has 31 heavy (non-hydrogen) atoms. The summed E-state index contributed by atoms with van der Waals surface area (Å²) in [6, 6.07) is 11.8. The predicted octanol–water partition coefficient (Wildman–Crippen LogP) is 3.40. The molecular weight excluding hydrogens is 441 g/mol. The third-order valence-electron chi connectivity index (χ3n) is 4.56. The van der Waals surface area contributed by atoms with E-state index in [1.807, 2.05) is 18.2 Å². The van der Waals surface area contributed by atoms with Crippen LogP contribution in [0.1, 0.15) is 28.8 Å². The Morgan fingerprint density at radius 3 is 2.48 bits per heavy atom. The lowest BCUT2D eigenvalue weighted by molar-refractivity contribution is -0.123. The maximum Gasteiger partial charge on any atom is 0.253 e. The molecular formula is C22H23Cl2N3O4. The van der Waals surface area contributed by atoms with Crippen molar-refractivity contribution >= 4 is 46.6 Å². The Hall–Kier alpha value is -2.61. The third kappa shape index (κ3) is 7.86. The second kappa shape index (κ2) is 11.1. The van der Waals surface area contributed by atoms with Crippen molar-refractivity contribution in [1.82, 2.24) is 10.6 Å². The minimum absolute atomic E-state index is 0.185. The number of anilines is 1. The largest absolute Gasteiger partial charge is 0.376 e. The van der Waals surface area contributed by atoms with Gasteiger partial charge in [0.2, 0.25) is 11.8 Å². The molecule has 0 aromatic heterocycles. The fourth-order valence-electron chi connectivity index (χ4n) is 2.74. The fraction of sp³-hybridized carbons (Fsp3) is 0.318. The Morgan fingerprint density at radius 1 is 0.968 bits per heavy atom. The van der Waals surface area contributed by atoms with Crippen molar-refractivity contribution in [2.24, 2.45) is 5.92 Å². The van der Waals surface area contributed by atoms with Crippen molar-refractivity contribution in [1.29, 1.82) is 0 Å². The molecule has 2 aromatic carbocycles. The molecule has 0 heterocycles. The molecule has 0 atom stereocenters. The summed E-state index contributed by atoms with van der Waals surface area (Å²) in [7, 11) is 0. The van der Waals surface area contributed by atoms with Crippen molar-refractivity contribution in [3.05, 3.63) is 63.6 Å². The van der Waals surface area contributed by atoms with Gasteiger partial charge in [-0.15, -0.1) is 0 Å². The third-order valence-corrected chi connectivity index (χ3v) is 5.11. The van der Waals surface area contributed by atoms with Crippen molar-refractivity contribution in [3.63, 3.8) is 0 Å². The van der Waals surface area contributed by atoms with Crippen LogP contribution in [0, 0.1) is 5.92 Å². The summed E-state index contributed by atoms with van der Waals surface area (Å²) in [5.41, 5.74) is 1.79. The lowest BCUT2D eigenvalue weighted by Gasteiger charge is -2.10. The number of carbonyl (C=O) groups is 3. The van der Waals surface area contributed by atoms with Gasteiger partial charge in [-0.3, -0.25) is 14.4 Å². The van der Waals surface area contributed by atoms with Gasteiger partial charge >= 0.3 is 0 Å². The molecule has 3 rings (SSSR count). The van der Waals surface area contributed by atoms with E-state index in [2.05, 4.69) is 16.0 Å². The Balaban J connectivity index is 1.37. The highest BCUT2D eigenvalue weighted by molar-refractivity contribution is 6.36. The van der Waals surface area contributed by atoms with E-state index < -0.39 is 11.8 Å². The zero-order chi connectivity index (χ0) is 22.2. The van der Waals surface area contributed by atoms with Crippen LogP contribution < -0.4 is 16.0 Å². The molecule has 2 aromatic rings. The minimum atomic E-state index is -0.512. The lowest BCUT2D eigenvalue weighted by atomic mass is 10.2. The number of carbonyl (C=O) groups excluding carboxylic acids is 3. The van der Waals surface area contributed by atoms with E-state index in [-0.39, 0.29) is 29.6 Å². The predicted molar refractivity (Wildman–Crippen MR) is 119 cm³/mol. The van der Waals surface area contributed by atoms with Gasteiger partial charge in [0, 0.05) is 17.3 Å². The van der Waals surface area contributed by atoms with E-state index in [0.717, 1.165) is 12.2 Å². The zero-order valence-corrected chi connectivity index (χ0v) is 18.3. The van der Waals surface area contributed by atoms with Crippen LogP contribution in [0.25, 0.3) is 0 Å². The van der Waals surface area contributed by atoms with E-state index in [1.54, 1.807) is 6.07 Å². The summed E-state index contributed by atoms with van der Waals surface area (Å²) in [5, 5.41) is 8.22. The van der Waals surface area contributed by atoms with Crippen molar-refractivity contribution < 1.29 is 19.1 Å². The Labute approximate surface area is 190 Å². The first-order chi connectivity index (χ1) is 14.9. The maximum atomic E-state index is 12.1. The van der Waals surface area contributed by atoms with Gasteiger partial charge in [0.25, 0.3) is 5.91 Å². The van der Waals surface area contributed by atoms with E-state index in [0.29, 0.717) is 23.2 Å². The summed E-state index contributed by atoms with van der Waals surface area (Å²) < 4.78 is 5.65. The standard InChI is InChI=1S/C22H23Cl2N3O4/c23-16-6-7-18(19(24)9-16)22(30)26-10-20(28)25-11-21(29)27-17-3-1-2-15(8-17)13-31-12-14-4-5-14/h1-3,6-9,14H,4-5,10-13H2,(H,25,28)(H,26,30)(H,27,29). The van der Waals surface area contributed by atoms with Crippen molar-refractivity contribution in [3.8, 4) is 0 Å². The highest BCUT2D eigenvalue weighted by Crippen LogP contribution is 2.29. The molecule has 0 spiro atoms. The Kier molecular flexibility index (Phi) is 8.28. The van der Waals surface area contributed by atoms with Crippen LogP contribution >= 0.6 is 23.2 Å². The molecule has 9 heteroatoms. The van der Waals surface area contributed by atoms with Crippen LogP contribution in [-0.2, 0) is 20.9 Å². The van der Waals surface area contributed by atoms with Gasteiger partial charge in [-0.2, -0.15) is 0 Å². The van der Waals surface area contributed by atoms with E-state index in [4.69, 9.17) is 27.9 Å². The maximum absolute atomic E-state index is 12.1. The lowest BCUT2D eigenvalue weighted by Crippen LogP contribution is -2.40. The molecule has 0 aliphatic heterocycles. The molecule has 0 radical (unpaired) electrons. The summed E-state index contributed by atoms with van der Waals surface area (Å²) in [6.45, 7) is 0.745. The van der Waals surface area contributed by atoms with Gasteiger partial charge in [-0.25, -0.2) is 0 Å². The Morgan fingerprint density at radius 2 is 1.74 bits per heavy atom. The van der Waals surface area contributed by atoms with Gasteiger partial charge in [-0.1, -0.05) is 35.3 Å². The summed E-state index contributed by atoms with van der Waals surface area (Å²) >= 11 is 11.8.